The molecule has 0 aromatic rings. The fourth-order valence-corrected chi connectivity index (χ4v) is 1.33. The third kappa shape index (κ3) is 2.67. The highest BCUT2D eigenvalue weighted by molar-refractivity contribution is 5.78. The largest absolute Gasteiger partial charge is 0.381 e. The van der Waals surface area contributed by atoms with Crippen LogP contribution >= 0.6 is 0 Å². The van der Waals surface area contributed by atoms with Gasteiger partial charge in [0, 0.05) is 25.6 Å². The Hall–Kier alpha value is -0.610. The van der Waals surface area contributed by atoms with E-state index >= 15 is 0 Å². The number of ether oxygens (including phenoxy) is 1. The number of carbonyl (C=O) groups excluding carboxylic acids is 1. The van der Waals surface area contributed by atoms with Crippen LogP contribution in [-0.2, 0) is 9.53 Å². The van der Waals surface area contributed by atoms with Gasteiger partial charge in [0.25, 0.3) is 0 Å². The number of amides is 1. The Bertz CT molecular complexity index is 178. The quantitative estimate of drug-likeness (QED) is 0.643. The second kappa shape index (κ2) is 4.58. The van der Waals surface area contributed by atoms with Gasteiger partial charge in [-0.15, -0.1) is 0 Å². The Morgan fingerprint density at radius 3 is 2.77 bits per heavy atom. The van der Waals surface area contributed by atoms with Crippen LogP contribution in [0.4, 0.5) is 0 Å². The Morgan fingerprint density at radius 2 is 2.31 bits per heavy atom. The minimum atomic E-state index is -0.0819. The van der Waals surface area contributed by atoms with E-state index in [0.29, 0.717) is 18.7 Å². The van der Waals surface area contributed by atoms with Gasteiger partial charge in [0.15, 0.2) is 0 Å². The standard InChI is InChI=1S/C9H18N2O2/c1-6(5-10)9(12)11-7-3-8(4-7)13-2/h6-8H,3-5,10H2,1-2H3,(H,11,12). The van der Waals surface area contributed by atoms with Gasteiger partial charge in [0.05, 0.1) is 6.10 Å². The molecule has 0 bridgehead atoms. The van der Waals surface area contributed by atoms with Crippen molar-refractivity contribution in [1.29, 1.82) is 0 Å². The summed E-state index contributed by atoms with van der Waals surface area (Å²) >= 11 is 0. The fraction of sp³-hybridized carbons (Fsp3) is 0.889. The van der Waals surface area contributed by atoms with Crippen molar-refractivity contribution < 1.29 is 9.53 Å². The molecule has 1 fully saturated rings. The number of carbonyl (C=O) groups is 1. The zero-order chi connectivity index (χ0) is 9.84. The van der Waals surface area contributed by atoms with Crippen LogP contribution in [0.3, 0.4) is 0 Å². The molecule has 13 heavy (non-hydrogen) atoms. The second-order valence-corrected chi connectivity index (χ2v) is 3.67. The van der Waals surface area contributed by atoms with Gasteiger partial charge in [0.1, 0.15) is 0 Å². The first-order valence-electron chi connectivity index (χ1n) is 4.70. The van der Waals surface area contributed by atoms with E-state index in [9.17, 15) is 4.79 Å². The molecule has 1 atom stereocenters. The molecule has 0 heterocycles. The predicted molar refractivity (Wildman–Crippen MR) is 50.2 cm³/mol. The van der Waals surface area contributed by atoms with Crippen LogP contribution in [0, 0.1) is 5.92 Å². The summed E-state index contributed by atoms with van der Waals surface area (Å²) in [5.41, 5.74) is 5.38. The lowest BCUT2D eigenvalue weighted by molar-refractivity contribution is -0.126. The van der Waals surface area contributed by atoms with Gasteiger partial charge >= 0.3 is 0 Å². The Labute approximate surface area is 78.8 Å². The van der Waals surface area contributed by atoms with Crippen LogP contribution in [0.25, 0.3) is 0 Å². The van der Waals surface area contributed by atoms with Crippen LogP contribution in [0.5, 0.6) is 0 Å². The van der Waals surface area contributed by atoms with Crippen LogP contribution in [0.15, 0.2) is 0 Å². The van der Waals surface area contributed by atoms with Gasteiger partial charge in [-0.3, -0.25) is 4.79 Å². The van der Waals surface area contributed by atoms with E-state index in [0.717, 1.165) is 12.8 Å². The van der Waals surface area contributed by atoms with Crippen LogP contribution in [-0.4, -0.2) is 31.7 Å². The zero-order valence-electron chi connectivity index (χ0n) is 8.25. The molecular weight excluding hydrogens is 168 g/mol. The number of nitrogens with one attached hydrogen (secondary N) is 1. The topological polar surface area (TPSA) is 64.3 Å². The molecule has 0 aliphatic heterocycles. The lowest BCUT2D eigenvalue weighted by atomic mass is 9.89. The Kier molecular flexibility index (Phi) is 3.69. The molecule has 1 saturated carbocycles. The summed E-state index contributed by atoms with van der Waals surface area (Å²) in [6.07, 6.45) is 2.19. The van der Waals surface area contributed by atoms with Gasteiger partial charge in [-0.2, -0.15) is 0 Å². The zero-order valence-corrected chi connectivity index (χ0v) is 8.25. The third-order valence-electron chi connectivity index (χ3n) is 2.58. The highest BCUT2D eigenvalue weighted by Crippen LogP contribution is 2.22. The summed E-state index contributed by atoms with van der Waals surface area (Å²) in [6.45, 7) is 2.24. The summed E-state index contributed by atoms with van der Waals surface area (Å²) in [5, 5.41) is 2.93. The van der Waals surface area contributed by atoms with Crippen LogP contribution in [0.2, 0.25) is 0 Å². The van der Waals surface area contributed by atoms with E-state index in [2.05, 4.69) is 5.32 Å². The maximum atomic E-state index is 11.3. The summed E-state index contributed by atoms with van der Waals surface area (Å²) in [7, 11) is 1.70. The van der Waals surface area contributed by atoms with Gasteiger partial charge in [-0.1, -0.05) is 6.92 Å². The van der Waals surface area contributed by atoms with Crippen molar-refractivity contribution in [2.75, 3.05) is 13.7 Å². The first kappa shape index (κ1) is 10.5. The minimum absolute atomic E-state index is 0.0575. The molecule has 0 aromatic heterocycles. The molecule has 4 nitrogen and oxygen atoms in total. The molecule has 0 spiro atoms. The maximum absolute atomic E-state index is 11.3. The first-order chi connectivity index (χ1) is 6.17. The van der Waals surface area contributed by atoms with Gasteiger partial charge in [-0.05, 0) is 12.8 Å². The molecule has 0 aromatic carbocycles. The maximum Gasteiger partial charge on any atom is 0.224 e. The van der Waals surface area contributed by atoms with Gasteiger partial charge < -0.3 is 15.8 Å². The summed E-state index contributed by atoms with van der Waals surface area (Å²) in [6, 6.07) is 0.298. The average molecular weight is 186 g/mol. The van der Waals surface area contributed by atoms with Crippen molar-refractivity contribution in [2.45, 2.75) is 31.9 Å². The van der Waals surface area contributed by atoms with E-state index < -0.39 is 0 Å². The predicted octanol–water partition coefficient (Wildman–Crippen LogP) is -0.125. The average Bonchev–Trinajstić information content (AvgIpc) is 2.08. The lowest BCUT2D eigenvalue weighted by Gasteiger charge is -2.35. The van der Waals surface area contributed by atoms with Crippen LogP contribution < -0.4 is 11.1 Å². The molecular formula is C9H18N2O2. The highest BCUT2D eigenvalue weighted by atomic mass is 16.5. The minimum Gasteiger partial charge on any atom is -0.381 e. The molecule has 0 saturated heterocycles. The van der Waals surface area contributed by atoms with Crippen molar-refractivity contribution in [3.63, 3.8) is 0 Å². The fourth-order valence-electron chi connectivity index (χ4n) is 1.33. The smallest absolute Gasteiger partial charge is 0.224 e. The third-order valence-corrected chi connectivity index (χ3v) is 2.58. The number of nitrogens with two attached hydrogens (primary N) is 1. The molecule has 1 amide bonds. The second-order valence-electron chi connectivity index (χ2n) is 3.67. The Morgan fingerprint density at radius 1 is 1.69 bits per heavy atom. The monoisotopic (exact) mass is 186 g/mol. The summed E-state index contributed by atoms with van der Waals surface area (Å²) in [5.74, 6) is -0.0244. The molecule has 3 N–H and O–H groups in total. The Balaban J connectivity index is 2.16. The normalized spacial score (nSPS) is 29.2. The molecule has 1 unspecified atom stereocenters. The molecule has 4 heteroatoms. The molecule has 0 radical (unpaired) electrons. The number of rotatable bonds is 4. The van der Waals surface area contributed by atoms with E-state index in [1.165, 1.54) is 0 Å². The number of methoxy groups -OCH3 is 1. The van der Waals surface area contributed by atoms with E-state index in [1.807, 2.05) is 6.92 Å². The van der Waals surface area contributed by atoms with E-state index in [4.69, 9.17) is 10.5 Å². The van der Waals surface area contributed by atoms with Crippen molar-refractivity contribution >= 4 is 5.91 Å². The molecule has 76 valence electrons. The first-order valence-corrected chi connectivity index (χ1v) is 4.70. The number of hydrogen-bond acceptors (Lipinski definition) is 3. The van der Waals surface area contributed by atoms with Gasteiger partial charge in [-0.25, -0.2) is 0 Å². The van der Waals surface area contributed by atoms with Crippen molar-refractivity contribution in [3.8, 4) is 0 Å². The van der Waals surface area contributed by atoms with Crippen LogP contribution in [0.1, 0.15) is 19.8 Å². The van der Waals surface area contributed by atoms with E-state index in [1.54, 1.807) is 7.11 Å². The lowest BCUT2D eigenvalue weighted by Crippen LogP contribution is -2.49. The van der Waals surface area contributed by atoms with Crippen molar-refractivity contribution in [1.82, 2.24) is 5.32 Å². The van der Waals surface area contributed by atoms with Crippen molar-refractivity contribution in [3.05, 3.63) is 0 Å². The summed E-state index contributed by atoms with van der Waals surface area (Å²) in [4.78, 5) is 11.3. The molecule has 1 rings (SSSR count). The number of hydrogen-bond donors (Lipinski definition) is 2. The highest BCUT2D eigenvalue weighted by Gasteiger charge is 2.30. The van der Waals surface area contributed by atoms with Crippen molar-refractivity contribution in [2.24, 2.45) is 11.7 Å². The van der Waals surface area contributed by atoms with E-state index in [-0.39, 0.29) is 11.8 Å². The molecule has 1 aliphatic carbocycles. The molecule has 1 aliphatic rings. The summed E-state index contributed by atoms with van der Waals surface area (Å²) < 4.78 is 5.11. The SMILES string of the molecule is COC1CC(NC(=O)C(C)CN)C1. The van der Waals surface area contributed by atoms with Gasteiger partial charge in [0.2, 0.25) is 5.91 Å².